The number of halogens is 2. The molecule has 0 aliphatic rings. The van der Waals surface area contributed by atoms with Crippen molar-refractivity contribution in [2.45, 2.75) is 26.0 Å². The highest BCUT2D eigenvalue weighted by molar-refractivity contribution is 5.29. The van der Waals surface area contributed by atoms with Gasteiger partial charge in [0.2, 0.25) is 0 Å². The van der Waals surface area contributed by atoms with Gasteiger partial charge in [-0.2, -0.15) is 0 Å². The van der Waals surface area contributed by atoms with Crippen molar-refractivity contribution in [3.63, 3.8) is 0 Å². The van der Waals surface area contributed by atoms with Gasteiger partial charge in [0.1, 0.15) is 0 Å². The molecule has 1 aromatic rings. The Hall–Kier alpha value is -1.00. The van der Waals surface area contributed by atoms with Crippen molar-refractivity contribution in [2.24, 2.45) is 5.73 Å². The van der Waals surface area contributed by atoms with Crippen LogP contribution in [0.3, 0.4) is 0 Å². The molecule has 2 nitrogen and oxygen atoms in total. The Bertz CT molecular complexity index is 326. The van der Waals surface area contributed by atoms with Crippen molar-refractivity contribution < 1.29 is 13.9 Å². The third kappa shape index (κ3) is 2.49. The van der Waals surface area contributed by atoms with Gasteiger partial charge in [-0.05, 0) is 36.6 Å². The van der Waals surface area contributed by atoms with E-state index in [9.17, 15) is 8.78 Å². The third-order valence-corrected chi connectivity index (χ3v) is 1.95. The molecule has 1 atom stereocenters. The number of rotatable bonds is 3. The van der Waals surface area contributed by atoms with Crippen LogP contribution < -0.4 is 5.73 Å². The summed E-state index contributed by atoms with van der Waals surface area (Å²) in [6.45, 7) is 1.46. The van der Waals surface area contributed by atoms with Gasteiger partial charge in [-0.25, -0.2) is 8.78 Å². The van der Waals surface area contributed by atoms with Gasteiger partial charge in [-0.15, -0.1) is 0 Å². The van der Waals surface area contributed by atoms with E-state index < -0.39 is 11.6 Å². The molecule has 0 radical (unpaired) electrons. The summed E-state index contributed by atoms with van der Waals surface area (Å²) in [4.78, 5) is 0. The average molecular weight is 201 g/mol. The van der Waals surface area contributed by atoms with Crippen LogP contribution >= 0.6 is 0 Å². The normalized spacial score (nSPS) is 12.9. The summed E-state index contributed by atoms with van der Waals surface area (Å²) in [7, 11) is 0. The second kappa shape index (κ2) is 4.48. The van der Waals surface area contributed by atoms with Crippen molar-refractivity contribution in [2.75, 3.05) is 0 Å². The van der Waals surface area contributed by atoms with E-state index in [-0.39, 0.29) is 12.6 Å². The first kappa shape index (κ1) is 11.1. The molecular weight excluding hydrogens is 188 g/mol. The molecule has 4 heteroatoms. The van der Waals surface area contributed by atoms with E-state index in [1.54, 1.807) is 6.92 Å². The minimum Gasteiger partial charge on any atom is -0.392 e. The zero-order valence-corrected chi connectivity index (χ0v) is 7.93. The summed E-state index contributed by atoms with van der Waals surface area (Å²) in [5, 5.41) is 8.92. The molecule has 78 valence electrons. The maximum Gasteiger partial charge on any atom is 0.159 e. The van der Waals surface area contributed by atoms with Gasteiger partial charge >= 0.3 is 0 Å². The van der Waals surface area contributed by atoms with Crippen LogP contribution in [-0.4, -0.2) is 11.1 Å². The molecule has 1 rings (SSSR count). The maximum absolute atomic E-state index is 12.8. The number of aliphatic hydroxyl groups excluding tert-OH is 1. The van der Waals surface area contributed by atoms with Crippen LogP contribution in [-0.2, 0) is 13.0 Å². The molecule has 0 saturated carbocycles. The molecule has 0 aliphatic carbocycles. The lowest BCUT2D eigenvalue weighted by Gasteiger charge is -2.10. The Kier molecular flexibility index (Phi) is 3.55. The van der Waals surface area contributed by atoms with Crippen LogP contribution in [0.5, 0.6) is 0 Å². The van der Waals surface area contributed by atoms with Crippen LogP contribution in [0, 0.1) is 11.6 Å². The van der Waals surface area contributed by atoms with E-state index in [2.05, 4.69) is 0 Å². The molecule has 0 spiro atoms. The fraction of sp³-hybridized carbons (Fsp3) is 0.400. The van der Waals surface area contributed by atoms with Gasteiger partial charge in [0, 0.05) is 6.04 Å². The van der Waals surface area contributed by atoms with E-state index in [1.165, 1.54) is 0 Å². The summed E-state index contributed by atoms with van der Waals surface area (Å²) in [5.41, 5.74) is 6.49. The largest absolute Gasteiger partial charge is 0.392 e. The molecular formula is C10H13F2NO. The van der Waals surface area contributed by atoms with Gasteiger partial charge in [0.05, 0.1) is 6.61 Å². The van der Waals surface area contributed by atoms with Gasteiger partial charge in [0.25, 0.3) is 0 Å². The summed E-state index contributed by atoms with van der Waals surface area (Å²) >= 11 is 0. The highest BCUT2D eigenvalue weighted by Crippen LogP contribution is 2.16. The smallest absolute Gasteiger partial charge is 0.159 e. The van der Waals surface area contributed by atoms with Crippen LogP contribution in [0.15, 0.2) is 12.1 Å². The second-order valence-corrected chi connectivity index (χ2v) is 3.37. The highest BCUT2D eigenvalue weighted by Gasteiger charge is 2.10. The molecule has 0 aliphatic heterocycles. The topological polar surface area (TPSA) is 46.2 Å². The number of hydrogen-bond donors (Lipinski definition) is 2. The summed E-state index contributed by atoms with van der Waals surface area (Å²) in [6, 6.07) is 1.95. The van der Waals surface area contributed by atoms with Crippen molar-refractivity contribution in [3.8, 4) is 0 Å². The minimum absolute atomic E-state index is 0.148. The Labute approximate surface area is 81.4 Å². The Morgan fingerprint density at radius 1 is 1.29 bits per heavy atom. The lowest BCUT2D eigenvalue weighted by atomic mass is 10.0. The molecule has 0 aromatic heterocycles. The van der Waals surface area contributed by atoms with Gasteiger partial charge < -0.3 is 10.8 Å². The average Bonchev–Trinajstić information content (AvgIpc) is 2.10. The molecule has 0 bridgehead atoms. The molecule has 0 fully saturated rings. The van der Waals surface area contributed by atoms with E-state index in [0.717, 1.165) is 12.1 Å². The van der Waals surface area contributed by atoms with E-state index in [4.69, 9.17) is 10.8 Å². The van der Waals surface area contributed by atoms with Gasteiger partial charge in [-0.1, -0.05) is 0 Å². The lowest BCUT2D eigenvalue weighted by molar-refractivity contribution is 0.279. The predicted molar refractivity (Wildman–Crippen MR) is 49.6 cm³/mol. The highest BCUT2D eigenvalue weighted by atomic mass is 19.2. The number of nitrogens with two attached hydrogens (primary N) is 1. The fourth-order valence-corrected chi connectivity index (χ4v) is 1.31. The van der Waals surface area contributed by atoms with Crippen molar-refractivity contribution >= 4 is 0 Å². The van der Waals surface area contributed by atoms with Crippen LogP contribution in [0.1, 0.15) is 18.1 Å². The maximum atomic E-state index is 12.8. The van der Waals surface area contributed by atoms with Crippen molar-refractivity contribution in [1.82, 2.24) is 0 Å². The van der Waals surface area contributed by atoms with Crippen molar-refractivity contribution in [3.05, 3.63) is 34.9 Å². The first-order chi connectivity index (χ1) is 6.54. The third-order valence-electron chi connectivity index (χ3n) is 1.95. The minimum atomic E-state index is -0.942. The number of hydrogen-bond acceptors (Lipinski definition) is 2. The zero-order chi connectivity index (χ0) is 10.7. The predicted octanol–water partition coefficient (Wildman–Crippen LogP) is 1.35. The van der Waals surface area contributed by atoms with Gasteiger partial charge in [0.15, 0.2) is 11.6 Å². The van der Waals surface area contributed by atoms with E-state index in [0.29, 0.717) is 17.5 Å². The Balaban J connectivity index is 3.07. The monoisotopic (exact) mass is 201 g/mol. The van der Waals surface area contributed by atoms with E-state index in [1.807, 2.05) is 0 Å². The summed E-state index contributed by atoms with van der Waals surface area (Å²) < 4.78 is 25.6. The fourth-order valence-electron chi connectivity index (χ4n) is 1.31. The molecule has 3 N–H and O–H groups in total. The van der Waals surface area contributed by atoms with Crippen LogP contribution in [0.4, 0.5) is 8.78 Å². The van der Waals surface area contributed by atoms with E-state index >= 15 is 0 Å². The zero-order valence-electron chi connectivity index (χ0n) is 7.93. The second-order valence-electron chi connectivity index (χ2n) is 3.37. The molecule has 1 unspecified atom stereocenters. The molecule has 1 aromatic carbocycles. The quantitative estimate of drug-likeness (QED) is 0.775. The van der Waals surface area contributed by atoms with Gasteiger partial charge in [-0.3, -0.25) is 0 Å². The molecule has 0 saturated heterocycles. The molecule has 0 amide bonds. The first-order valence-electron chi connectivity index (χ1n) is 4.37. The number of aliphatic hydroxyl groups is 1. The lowest BCUT2D eigenvalue weighted by Crippen LogP contribution is -2.19. The molecule has 0 heterocycles. The SMILES string of the molecule is CC(N)Cc1cc(F)c(F)cc1CO. The summed E-state index contributed by atoms with van der Waals surface area (Å²) in [6.07, 6.45) is 0.424. The standard InChI is InChI=1S/C10H13F2NO/c1-6(13)2-7-3-9(11)10(12)4-8(7)5-14/h3-4,6,14H,2,5,13H2,1H3. The first-order valence-corrected chi connectivity index (χ1v) is 4.37. The summed E-state index contributed by atoms with van der Waals surface area (Å²) in [5.74, 6) is -1.85. The van der Waals surface area contributed by atoms with Crippen LogP contribution in [0.2, 0.25) is 0 Å². The number of benzene rings is 1. The molecule has 14 heavy (non-hydrogen) atoms. The Morgan fingerprint density at radius 2 is 1.79 bits per heavy atom. The van der Waals surface area contributed by atoms with Crippen molar-refractivity contribution in [1.29, 1.82) is 0 Å². The van der Waals surface area contributed by atoms with Crippen LogP contribution in [0.25, 0.3) is 0 Å². The Morgan fingerprint density at radius 3 is 2.21 bits per heavy atom.